The molecule has 0 amide bonds. The zero-order valence-corrected chi connectivity index (χ0v) is 16.7. The van der Waals surface area contributed by atoms with Crippen molar-refractivity contribution in [3.05, 3.63) is 102 Å². The third-order valence-electron chi connectivity index (χ3n) is 5.41. The first-order valence-electron chi connectivity index (χ1n) is 9.72. The molecule has 0 bridgehead atoms. The van der Waals surface area contributed by atoms with Gasteiger partial charge in [0.05, 0.1) is 6.61 Å². The van der Waals surface area contributed by atoms with Crippen molar-refractivity contribution < 1.29 is 4.74 Å². The largest absolute Gasteiger partial charge is 0.494 e. The van der Waals surface area contributed by atoms with Crippen molar-refractivity contribution >= 4 is 23.2 Å². The van der Waals surface area contributed by atoms with Crippen LogP contribution in [-0.2, 0) is 4.74 Å². The van der Waals surface area contributed by atoms with Gasteiger partial charge in [0.2, 0.25) is 0 Å². The number of allylic oxidation sites excluding steroid dienone is 2. The fraction of sp³-hybridized carbons (Fsp3) is 0.200. The van der Waals surface area contributed by atoms with Gasteiger partial charge in [-0.05, 0) is 56.2 Å². The highest BCUT2D eigenvalue weighted by atomic mass is 31.2. The lowest BCUT2D eigenvalue weighted by Gasteiger charge is -2.30. The summed E-state index contributed by atoms with van der Waals surface area (Å²) in [4.78, 5) is 0. The number of hydrogen-bond acceptors (Lipinski definition) is 1. The molecule has 0 spiro atoms. The summed E-state index contributed by atoms with van der Waals surface area (Å²) in [6.07, 6.45) is 3.41. The Hall–Kier alpha value is -2.37. The minimum atomic E-state index is -1.96. The topological polar surface area (TPSA) is 9.23 Å². The number of ether oxygens (including phenoxy) is 1. The molecule has 3 aromatic carbocycles. The minimum absolute atomic E-state index is 0.838. The van der Waals surface area contributed by atoms with Crippen LogP contribution < -0.4 is 15.9 Å². The highest BCUT2D eigenvalue weighted by Gasteiger charge is 2.49. The molecule has 1 heterocycles. The summed E-state index contributed by atoms with van der Waals surface area (Å²) in [5.74, 6) is 1.20. The lowest BCUT2D eigenvalue weighted by Crippen LogP contribution is -2.32. The molecule has 1 aliphatic heterocycles. The molecule has 0 aromatic heterocycles. The molecular weight excluding hydrogens is 347 g/mol. The Bertz CT molecular complexity index is 796. The molecule has 27 heavy (non-hydrogen) atoms. The van der Waals surface area contributed by atoms with Crippen molar-refractivity contribution in [2.75, 3.05) is 6.61 Å². The SMILES string of the molecule is CC(=C1CCCCO1)[P+](c1ccccc1)(c1ccccc1)c1ccccc1. The van der Waals surface area contributed by atoms with Gasteiger partial charge in [0.25, 0.3) is 0 Å². The molecule has 1 aliphatic rings. The zero-order valence-electron chi connectivity index (χ0n) is 15.8. The fourth-order valence-corrected chi connectivity index (χ4v) is 8.58. The van der Waals surface area contributed by atoms with Crippen LogP contribution in [-0.4, -0.2) is 6.61 Å². The van der Waals surface area contributed by atoms with Gasteiger partial charge >= 0.3 is 0 Å². The van der Waals surface area contributed by atoms with Gasteiger partial charge in [-0.15, -0.1) is 0 Å². The predicted molar refractivity (Wildman–Crippen MR) is 118 cm³/mol. The van der Waals surface area contributed by atoms with Crippen LogP contribution in [0, 0.1) is 0 Å². The maximum atomic E-state index is 6.22. The molecule has 0 atom stereocenters. The van der Waals surface area contributed by atoms with Crippen LogP contribution in [0.25, 0.3) is 0 Å². The lowest BCUT2D eigenvalue weighted by atomic mass is 10.2. The Kier molecular flexibility index (Phi) is 5.41. The summed E-state index contributed by atoms with van der Waals surface area (Å²) in [7, 11) is -1.96. The number of hydrogen-bond donors (Lipinski definition) is 0. The summed E-state index contributed by atoms with van der Waals surface area (Å²) in [6, 6.07) is 33.0. The standard InChI is InChI=1S/C25H26OP/c1-21(25-19-11-12-20-26-25)27(22-13-5-2-6-14-22,23-15-7-3-8-16-23)24-17-9-4-10-18-24/h2-10,13-18H,11-12,19-20H2,1H3/q+1. The van der Waals surface area contributed by atoms with Gasteiger partial charge in [0, 0.05) is 6.42 Å². The van der Waals surface area contributed by atoms with Gasteiger partial charge in [-0.25, -0.2) is 0 Å². The van der Waals surface area contributed by atoms with E-state index < -0.39 is 7.26 Å². The van der Waals surface area contributed by atoms with Gasteiger partial charge in [-0.1, -0.05) is 54.6 Å². The van der Waals surface area contributed by atoms with E-state index in [9.17, 15) is 0 Å². The molecule has 0 N–H and O–H groups in total. The normalized spacial score (nSPS) is 16.5. The number of rotatable bonds is 4. The van der Waals surface area contributed by atoms with Crippen LogP contribution in [0.5, 0.6) is 0 Å². The Morgan fingerprint density at radius 2 is 1.11 bits per heavy atom. The Labute approximate surface area is 163 Å². The second-order valence-electron chi connectivity index (χ2n) is 6.99. The van der Waals surface area contributed by atoms with Crippen LogP contribution in [0.1, 0.15) is 26.2 Å². The van der Waals surface area contributed by atoms with E-state index in [1.807, 2.05) is 0 Å². The van der Waals surface area contributed by atoms with Gasteiger partial charge in [-0.2, -0.15) is 0 Å². The first kappa shape index (κ1) is 18.0. The average molecular weight is 373 g/mol. The minimum Gasteiger partial charge on any atom is -0.494 e. The second kappa shape index (κ2) is 8.11. The smallest absolute Gasteiger partial charge is 0.143 e. The third-order valence-corrected chi connectivity index (χ3v) is 9.89. The molecule has 0 radical (unpaired) electrons. The van der Waals surface area contributed by atoms with Crippen LogP contribution >= 0.6 is 7.26 Å². The quantitative estimate of drug-likeness (QED) is 0.556. The Morgan fingerprint density at radius 1 is 0.667 bits per heavy atom. The molecule has 3 aromatic rings. The second-order valence-corrected chi connectivity index (χ2v) is 10.6. The maximum absolute atomic E-state index is 6.22. The van der Waals surface area contributed by atoms with E-state index in [1.165, 1.54) is 33.4 Å². The Morgan fingerprint density at radius 3 is 1.48 bits per heavy atom. The summed E-state index contributed by atoms with van der Waals surface area (Å²) in [5, 5.41) is 5.58. The number of benzene rings is 3. The van der Waals surface area contributed by atoms with Crippen LogP contribution in [0.2, 0.25) is 0 Å². The molecule has 1 fully saturated rings. The average Bonchev–Trinajstić information content (AvgIpc) is 2.77. The van der Waals surface area contributed by atoms with Crippen molar-refractivity contribution in [2.45, 2.75) is 26.2 Å². The molecule has 0 saturated carbocycles. The molecule has 2 heteroatoms. The van der Waals surface area contributed by atoms with Gasteiger partial charge in [-0.3, -0.25) is 0 Å². The monoisotopic (exact) mass is 373 g/mol. The molecule has 0 aliphatic carbocycles. The third kappa shape index (κ3) is 3.33. The predicted octanol–water partition coefficient (Wildman–Crippen LogP) is 5.41. The van der Waals surface area contributed by atoms with Crippen molar-refractivity contribution in [2.24, 2.45) is 0 Å². The van der Waals surface area contributed by atoms with Crippen molar-refractivity contribution in [1.29, 1.82) is 0 Å². The van der Waals surface area contributed by atoms with Crippen molar-refractivity contribution in [3.63, 3.8) is 0 Å². The van der Waals surface area contributed by atoms with Gasteiger partial charge in [0.15, 0.2) is 0 Å². The fourth-order valence-electron chi connectivity index (χ4n) is 4.11. The zero-order chi connectivity index (χ0) is 18.5. The highest BCUT2D eigenvalue weighted by molar-refractivity contribution is 7.99. The molecule has 136 valence electrons. The highest BCUT2D eigenvalue weighted by Crippen LogP contribution is 2.63. The van der Waals surface area contributed by atoms with E-state index in [0.717, 1.165) is 19.4 Å². The Balaban J connectivity index is 2.07. The molecule has 1 nitrogen and oxygen atoms in total. The summed E-state index contributed by atoms with van der Waals surface area (Å²) in [6.45, 7) is 3.15. The van der Waals surface area contributed by atoms with E-state index >= 15 is 0 Å². The first-order valence-corrected chi connectivity index (χ1v) is 11.5. The van der Waals surface area contributed by atoms with Crippen LogP contribution in [0.4, 0.5) is 0 Å². The molecule has 4 rings (SSSR count). The van der Waals surface area contributed by atoms with Crippen LogP contribution in [0.3, 0.4) is 0 Å². The van der Waals surface area contributed by atoms with E-state index in [4.69, 9.17) is 4.74 Å². The molecular formula is C25H26OP+. The van der Waals surface area contributed by atoms with Crippen LogP contribution in [0.15, 0.2) is 102 Å². The summed E-state index contributed by atoms with van der Waals surface area (Å²) < 4.78 is 6.22. The van der Waals surface area contributed by atoms with Gasteiger partial charge < -0.3 is 4.74 Å². The van der Waals surface area contributed by atoms with E-state index in [-0.39, 0.29) is 0 Å². The summed E-state index contributed by atoms with van der Waals surface area (Å²) >= 11 is 0. The van der Waals surface area contributed by atoms with Crippen molar-refractivity contribution in [1.82, 2.24) is 0 Å². The molecule has 0 unspecified atom stereocenters. The summed E-state index contributed by atoms with van der Waals surface area (Å²) in [5.41, 5.74) is 0. The first-order chi connectivity index (χ1) is 13.3. The van der Waals surface area contributed by atoms with E-state index in [0.29, 0.717) is 0 Å². The maximum Gasteiger partial charge on any atom is 0.143 e. The van der Waals surface area contributed by atoms with Crippen molar-refractivity contribution in [3.8, 4) is 0 Å². The van der Waals surface area contributed by atoms with E-state index in [2.05, 4.69) is 97.9 Å². The lowest BCUT2D eigenvalue weighted by molar-refractivity contribution is 0.164. The molecule has 1 saturated heterocycles. The van der Waals surface area contributed by atoms with E-state index in [1.54, 1.807) is 0 Å². The van der Waals surface area contributed by atoms with Gasteiger partial charge in [0.1, 0.15) is 34.2 Å².